The zero-order valence-electron chi connectivity index (χ0n) is 22.2. The lowest BCUT2D eigenvalue weighted by Crippen LogP contribution is -2.47. The highest BCUT2D eigenvalue weighted by Gasteiger charge is 2.36. The van der Waals surface area contributed by atoms with Gasteiger partial charge in [-0.2, -0.15) is 5.21 Å². The van der Waals surface area contributed by atoms with Crippen molar-refractivity contribution in [2.24, 2.45) is 4.99 Å². The van der Waals surface area contributed by atoms with E-state index in [0.717, 1.165) is 60.6 Å². The van der Waals surface area contributed by atoms with Crippen molar-refractivity contribution < 1.29 is 9.53 Å². The van der Waals surface area contributed by atoms with Gasteiger partial charge in [-0.05, 0) is 34.7 Å². The number of hydrogen-bond acceptors (Lipinski definition) is 9. The predicted molar refractivity (Wildman–Crippen MR) is 145 cm³/mol. The number of carbonyl (C=O) groups is 1. The maximum absolute atomic E-state index is 12.1. The second-order valence-corrected chi connectivity index (χ2v) is 9.57. The molecule has 10 nitrogen and oxygen atoms in total. The molecular formula is C28H34N8O2. The van der Waals surface area contributed by atoms with Gasteiger partial charge in [-0.25, -0.2) is 4.99 Å². The third-order valence-corrected chi connectivity index (χ3v) is 6.86. The van der Waals surface area contributed by atoms with E-state index in [1.165, 1.54) is 12.7 Å². The molecule has 1 N–H and O–H groups in total. The van der Waals surface area contributed by atoms with Crippen molar-refractivity contribution >= 4 is 11.8 Å². The molecule has 0 amide bonds. The zero-order chi connectivity index (χ0) is 26.5. The van der Waals surface area contributed by atoms with Gasteiger partial charge in [-0.3, -0.25) is 4.79 Å². The molecule has 198 valence electrons. The summed E-state index contributed by atoms with van der Waals surface area (Å²) in [5.41, 5.74) is 5.34. The van der Waals surface area contributed by atoms with Crippen LogP contribution in [0.2, 0.25) is 0 Å². The van der Waals surface area contributed by atoms with Crippen molar-refractivity contribution in [2.75, 3.05) is 26.9 Å². The second-order valence-electron chi connectivity index (χ2n) is 9.57. The maximum Gasteiger partial charge on any atom is 0.325 e. The molecular weight excluding hydrogens is 480 g/mol. The van der Waals surface area contributed by atoms with Crippen LogP contribution in [0.25, 0.3) is 22.5 Å². The van der Waals surface area contributed by atoms with Crippen molar-refractivity contribution in [2.45, 2.75) is 45.8 Å². The Hall–Kier alpha value is -4.21. The fourth-order valence-electron chi connectivity index (χ4n) is 5.08. The summed E-state index contributed by atoms with van der Waals surface area (Å²) in [6.45, 7) is 6.81. The minimum absolute atomic E-state index is 0.0670. The summed E-state index contributed by atoms with van der Waals surface area (Å²) in [4.78, 5) is 23.9. The summed E-state index contributed by atoms with van der Waals surface area (Å²) in [6, 6.07) is 16.7. The van der Waals surface area contributed by atoms with Crippen LogP contribution in [0.1, 0.15) is 38.7 Å². The Balaban J connectivity index is 1.41. The van der Waals surface area contributed by atoms with Crippen molar-refractivity contribution in [1.29, 1.82) is 0 Å². The molecule has 0 bridgehead atoms. The third kappa shape index (κ3) is 5.25. The largest absolute Gasteiger partial charge is 0.468 e. The van der Waals surface area contributed by atoms with Gasteiger partial charge < -0.3 is 19.4 Å². The first-order chi connectivity index (χ1) is 18.6. The molecule has 0 fully saturated rings. The Bertz CT molecular complexity index is 1300. The number of tetrazole rings is 1. The number of benzene rings is 2. The zero-order valence-corrected chi connectivity index (χ0v) is 22.2. The Labute approximate surface area is 223 Å². The molecule has 2 aliphatic heterocycles. The van der Waals surface area contributed by atoms with Gasteiger partial charge in [0.05, 0.1) is 19.5 Å². The van der Waals surface area contributed by atoms with E-state index in [-0.39, 0.29) is 18.7 Å². The molecule has 1 atom stereocenters. The Morgan fingerprint density at radius 1 is 1.08 bits per heavy atom. The number of rotatable bonds is 10. The maximum atomic E-state index is 12.1. The number of nitrogens with one attached hydrogen (secondary N) is 1. The molecule has 3 aromatic rings. The Morgan fingerprint density at radius 2 is 1.87 bits per heavy atom. The minimum Gasteiger partial charge on any atom is -0.468 e. The molecule has 0 radical (unpaired) electrons. The molecule has 0 saturated carbocycles. The fourth-order valence-corrected chi connectivity index (χ4v) is 5.08. The lowest BCUT2D eigenvalue weighted by atomic mass is 9.98. The molecule has 10 heteroatoms. The highest BCUT2D eigenvalue weighted by molar-refractivity contribution is 6.00. The first-order valence-electron chi connectivity index (χ1n) is 13.2. The van der Waals surface area contributed by atoms with Crippen LogP contribution in [0.4, 0.5) is 0 Å². The topological polar surface area (TPSA) is 103 Å². The number of fused-ring (bicyclic) bond motifs is 1. The fraction of sp³-hybridized carbons (Fsp3) is 0.393. The highest BCUT2D eigenvalue weighted by Crippen LogP contribution is 2.33. The average Bonchev–Trinajstić information content (AvgIpc) is 3.59. The summed E-state index contributed by atoms with van der Waals surface area (Å²) < 4.78 is 4.94. The number of aliphatic imine (C=N–C) groups is 1. The summed E-state index contributed by atoms with van der Waals surface area (Å²) in [6.07, 6.45) is 5.15. The molecule has 0 spiro atoms. The molecule has 3 heterocycles. The van der Waals surface area contributed by atoms with E-state index in [4.69, 9.17) is 9.73 Å². The number of nitrogens with zero attached hydrogens (tertiary/aromatic N) is 7. The summed E-state index contributed by atoms with van der Waals surface area (Å²) >= 11 is 0. The number of carbonyl (C=O) groups excluding carboxylic acids is 1. The standard InChI is InChI=1S/C28H34N8O2/c1-4-8-25-29-28-24(17-34(18-26(37)38-3)19-35(28)15-5-2)36(25)16-20-11-13-21(14-12-20)22-9-6-7-10-23(22)27-30-32-33-31-27/h6-7,9-14,17,25H,4-5,8,15-16,18-19H2,1-3H3,(H,30,31,32,33). The molecule has 5 rings (SSSR count). The average molecular weight is 515 g/mol. The number of aromatic amines is 1. The number of amidine groups is 1. The SMILES string of the molecule is CCCC1N=C2C(=CN(CC(=O)OC)CN2CCC)N1Cc1ccc(-c2ccccc2-c2nn[nH]n2)cc1. The lowest BCUT2D eigenvalue weighted by molar-refractivity contribution is -0.141. The number of methoxy groups -OCH3 is 1. The molecule has 0 aliphatic carbocycles. The highest BCUT2D eigenvalue weighted by atomic mass is 16.5. The van der Waals surface area contributed by atoms with Gasteiger partial charge in [-0.15, -0.1) is 10.2 Å². The quantitative estimate of drug-likeness (QED) is 0.407. The van der Waals surface area contributed by atoms with E-state index in [2.05, 4.69) is 80.8 Å². The van der Waals surface area contributed by atoms with E-state index >= 15 is 0 Å². The van der Waals surface area contributed by atoms with Crippen LogP contribution in [0.3, 0.4) is 0 Å². The van der Waals surface area contributed by atoms with Gasteiger partial charge in [-0.1, -0.05) is 68.8 Å². The molecule has 2 aliphatic rings. The van der Waals surface area contributed by atoms with Gasteiger partial charge in [0.25, 0.3) is 0 Å². The minimum atomic E-state index is -0.245. The van der Waals surface area contributed by atoms with Crippen LogP contribution in [0.5, 0.6) is 0 Å². The number of H-pyrrole nitrogens is 1. The van der Waals surface area contributed by atoms with Crippen molar-refractivity contribution in [1.82, 2.24) is 35.3 Å². The molecule has 2 aromatic carbocycles. The van der Waals surface area contributed by atoms with Crippen LogP contribution in [-0.2, 0) is 16.1 Å². The van der Waals surface area contributed by atoms with Crippen molar-refractivity contribution in [3.8, 4) is 22.5 Å². The molecule has 1 aromatic heterocycles. The van der Waals surface area contributed by atoms with Crippen LogP contribution in [0, 0.1) is 0 Å². The van der Waals surface area contributed by atoms with Crippen LogP contribution in [-0.4, -0.2) is 80.2 Å². The van der Waals surface area contributed by atoms with E-state index in [9.17, 15) is 4.79 Å². The first kappa shape index (κ1) is 25.4. The van der Waals surface area contributed by atoms with Gasteiger partial charge >= 0.3 is 5.97 Å². The van der Waals surface area contributed by atoms with Gasteiger partial charge in [0.2, 0.25) is 5.82 Å². The molecule has 0 saturated heterocycles. The smallest absolute Gasteiger partial charge is 0.325 e. The molecule has 1 unspecified atom stereocenters. The number of hydrogen-bond donors (Lipinski definition) is 1. The summed E-state index contributed by atoms with van der Waals surface area (Å²) in [5.74, 6) is 1.35. The van der Waals surface area contributed by atoms with E-state index in [1.807, 2.05) is 23.1 Å². The van der Waals surface area contributed by atoms with Crippen LogP contribution in [0.15, 0.2) is 65.4 Å². The lowest BCUT2D eigenvalue weighted by Gasteiger charge is -2.37. The van der Waals surface area contributed by atoms with Crippen LogP contribution < -0.4 is 0 Å². The summed E-state index contributed by atoms with van der Waals surface area (Å²) in [5, 5.41) is 14.6. The first-order valence-corrected chi connectivity index (χ1v) is 13.2. The monoisotopic (exact) mass is 514 g/mol. The number of ether oxygens (including phenoxy) is 1. The van der Waals surface area contributed by atoms with Crippen molar-refractivity contribution in [3.63, 3.8) is 0 Å². The van der Waals surface area contributed by atoms with E-state index in [0.29, 0.717) is 12.5 Å². The molecule has 38 heavy (non-hydrogen) atoms. The third-order valence-electron chi connectivity index (χ3n) is 6.86. The number of aromatic nitrogens is 4. The predicted octanol–water partition coefficient (Wildman–Crippen LogP) is 3.87. The normalized spacial score (nSPS) is 16.8. The number of esters is 1. The van der Waals surface area contributed by atoms with Crippen molar-refractivity contribution in [3.05, 3.63) is 66.0 Å². The van der Waals surface area contributed by atoms with Gasteiger partial charge in [0, 0.05) is 24.9 Å². The van der Waals surface area contributed by atoms with E-state index in [1.54, 1.807) is 0 Å². The second kappa shape index (κ2) is 11.5. The van der Waals surface area contributed by atoms with Gasteiger partial charge in [0.15, 0.2) is 5.84 Å². The van der Waals surface area contributed by atoms with Crippen LogP contribution >= 0.6 is 0 Å². The van der Waals surface area contributed by atoms with E-state index < -0.39 is 0 Å². The Kier molecular flexibility index (Phi) is 7.67. The Morgan fingerprint density at radius 3 is 2.55 bits per heavy atom. The van der Waals surface area contributed by atoms with Gasteiger partial charge in [0.1, 0.15) is 12.7 Å². The summed E-state index contributed by atoms with van der Waals surface area (Å²) in [7, 11) is 1.43.